The van der Waals surface area contributed by atoms with E-state index in [0.29, 0.717) is 11.8 Å². The summed E-state index contributed by atoms with van der Waals surface area (Å²) in [5.74, 6) is 2.19. The van der Waals surface area contributed by atoms with Crippen molar-refractivity contribution in [3.63, 3.8) is 0 Å². The molecule has 280 valence electrons. The van der Waals surface area contributed by atoms with Crippen molar-refractivity contribution in [2.45, 2.75) is 58.3 Å². The molecule has 5 aromatic rings. The van der Waals surface area contributed by atoms with Crippen LogP contribution >= 0.6 is 0 Å². The van der Waals surface area contributed by atoms with Crippen LogP contribution in [0.2, 0.25) is 0 Å². The predicted molar refractivity (Wildman–Crippen MR) is 240 cm³/mol. The van der Waals surface area contributed by atoms with Gasteiger partial charge in [0, 0.05) is 40.4 Å². The van der Waals surface area contributed by atoms with Gasteiger partial charge in [0.25, 0.3) is 0 Å². The highest BCUT2D eigenvalue weighted by Crippen LogP contribution is 2.40. The zero-order valence-corrected chi connectivity index (χ0v) is 32.8. The van der Waals surface area contributed by atoms with E-state index >= 15 is 0 Å². The Morgan fingerprint density at radius 3 is 2.18 bits per heavy atom. The van der Waals surface area contributed by atoms with Crippen LogP contribution in [0.1, 0.15) is 68.8 Å². The first-order valence-corrected chi connectivity index (χ1v) is 21.0. The van der Waals surface area contributed by atoms with Crippen molar-refractivity contribution < 1.29 is 4.42 Å². The molecule has 4 aromatic carbocycles. The minimum absolute atomic E-state index is 0.484. The second-order valence-electron chi connectivity index (χ2n) is 16.3. The fourth-order valence-corrected chi connectivity index (χ4v) is 9.29. The Morgan fingerprint density at radius 1 is 0.649 bits per heavy atom. The molecule has 2 heteroatoms. The van der Waals surface area contributed by atoms with E-state index in [9.17, 15) is 0 Å². The van der Waals surface area contributed by atoms with Crippen LogP contribution in [0.25, 0.3) is 44.9 Å². The summed E-state index contributed by atoms with van der Waals surface area (Å²) in [6.07, 6.45) is 36.6. The van der Waals surface area contributed by atoms with E-state index in [1.807, 2.05) is 0 Å². The van der Waals surface area contributed by atoms with Gasteiger partial charge in [-0.15, -0.1) is 0 Å². The molecule has 2 unspecified atom stereocenters. The molecular formula is C55H49NO. The highest BCUT2D eigenvalue weighted by Gasteiger charge is 2.24. The maximum absolute atomic E-state index is 6.37. The lowest BCUT2D eigenvalue weighted by atomic mass is 9.86. The van der Waals surface area contributed by atoms with Gasteiger partial charge in [0.05, 0.1) is 0 Å². The zero-order chi connectivity index (χ0) is 38.1. The van der Waals surface area contributed by atoms with Gasteiger partial charge in [0.15, 0.2) is 0 Å². The second kappa shape index (κ2) is 15.4. The third kappa shape index (κ3) is 7.22. The van der Waals surface area contributed by atoms with E-state index in [4.69, 9.17) is 4.42 Å². The molecule has 2 nitrogen and oxygen atoms in total. The van der Waals surface area contributed by atoms with Crippen LogP contribution in [-0.2, 0) is 6.42 Å². The Balaban J connectivity index is 0.910. The highest BCUT2D eigenvalue weighted by atomic mass is 16.3. The molecule has 0 aliphatic heterocycles. The maximum atomic E-state index is 6.37. The molecule has 0 amide bonds. The normalized spacial score (nSPS) is 20.2. The van der Waals surface area contributed by atoms with Gasteiger partial charge >= 0.3 is 0 Å². The molecule has 0 saturated carbocycles. The van der Waals surface area contributed by atoms with Crippen LogP contribution in [0, 0.1) is 11.8 Å². The van der Waals surface area contributed by atoms with Crippen LogP contribution < -0.4 is 4.90 Å². The molecule has 10 rings (SSSR count). The molecule has 5 aliphatic carbocycles. The molecule has 1 aromatic heterocycles. The average Bonchev–Trinajstić information content (AvgIpc) is 3.65. The summed E-state index contributed by atoms with van der Waals surface area (Å²) in [6, 6.07) is 35.6. The third-order valence-electron chi connectivity index (χ3n) is 12.5. The summed E-state index contributed by atoms with van der Waals surface area (Å²) in [7, 11) is 0. The molecule has 57 heavy (non-hydrogen) atoms. The first kappa shape index (κ1) is 35.3. The van der Waals surface area contributed by atoms with Crippen molar-refractivity contribution in [2.75, 3.05) is 4.90 Å². The molecular weight excluding hydrogens is 691 g/mol. The van der Waals surface area contributed by atoms with Gasteiger partial charge in [-0.3, -0.25) is 0 Å². The van der Waals surface area contributed by atoms with Crippen molar-refractivity contribution in [3.8, 4) is 22.3 Å². The molecule has 0 spiro atoms. The number of hydrogen-bond donors (Lipinski definition) is 0. The predicted octanol–water partition coefficient (Wildman–Crippen LogP) is 14.9. The largest absolute Gasteiger partial charge is 0.460 e. The Kier molecular flexibility index (Phi) is 9.56. The summed E-state index contributed by atoms with van der Waals surface area (Å²) >= 11 is 0. The fourth-order valence-electron chi connectivity index (χ4n) is 9.29. The Labute approximate surface area is 337 Å². The fraction of sp³-hybridized carbons (Fsp3) is 0.200. The van der Waals surface area contributed by atoms with Gasteiger partial charge in [-0.2, -0.15) is 0 Å². The van der Waals surface area contributed by atoms with E-state index in [1.165, 1.54) is 72.6 Å². The van der Waals surface area contributed by atoms with Crippen molar-refractivity contribution in [1.29, 1.82) is 0 Å². The lowest BCUT2D eigenvalue weighted by Crippen LogP contribution is -2.23. The van der Waals surface area contributed by atoms with Crippen molar-refractivity contribution in [2.24, 2.45) is 11.8 Å². The van der Waals surface area contributed by atoms with Gasteiger partial charge in [-0.05, 0) is 138 Å². The molecule has 5 aliphatic rings. The Hall–Kier alpha value is -6.12. The summed E-state index contributed by atoms with van der Waals surface area (Å²) in [6.45, 7) is 2.30. The molecule has 0 N–H and O–H groups in total. The maximum Gasteiger partial charge on any atom is 0.134 e. The number of rotatable bonds is 8. The van der Waals surface area contributed by atoms with Crippen molar-refractivity contribution in [3.05, 3.63) is 209 Å². The molecule has 0 bridgehead atoms. The van der Waals surface area contributed by atoms with E-state index in [2.05, 4.69) is 182 Å². The molecule has 1 heterocycles. The first-order chi connectivity index (χ1) is 28.1. The third-order valence-corrected chi connectivity index (χ3v) is 12.5. The molecule has 2 atom stereocenters. The van der Waals surface area contributed by atoms with Crippen LogP contribution in [-0.4, -0.2) is 0 Å². The van der Waals surface area contributed by atoms with Crippen LogP contribution in [0.5, 0.6) is 0 Å². The van der Waals surface area contributed by atoms with Crippen molar-refractivity contribution in [1.82, 2.24) is 0 Å². The zero-order valence-electron chi connectivity index (χ0n) is 32.8. The van der Waals surface area contributed by atoms with E-state index in [1.54, 1.807) is 5.57 Å². The topological polar surface area (TPSA) is 16.4 Å². The number of nitrogens with zero attached hydrogens (tertiary/aromatic N) is 1. The molecule has 0 fully saturated rings. The number of benzene rings is 4. The summed E-state index contributed by atoms with van der Waals surface area (Å²) in [5, 5.41) is 1.21. The van der Waals surface area contributed by atoms with Gasteiger partial charge in [-0.1, -0.05) is 140 Å². The minimum atomic E-state index is 0.484. The monoisotopic (exact) mass is 739 g/mol. The number of aryl methyl sites for hydroxylation is 1. The summed E-state index contributed by atoms with van der Waals surface area (Å²) < 4.78 is 6.37. The Morgan fingerprint density at radius 2 is 1.42 bits per heavy atom. The summed E-state index contributed by atoms with van der Waals surface area (Å²) in [4.78, 5) is 2.49. The van der Waals surface area contributed by atoms with Gasteiger partial charge in [-0.25, -0.2) is 0 Å². The van der Waals surface area contributed by atoms with Crippen LogP contribution in [0.4, 0.5) is 5.69 Å². The smallest absolute Gasteiger partial charge is 0.134 e. The number of hydrogen-bond acceptors (Lipinski definition) is 2. The standard InChI is InChI=1S/C55H49NO/c1-38-9-8-14-46(35-38)48-26-34-55-53(37-48)52-36-47(25-33-54(52)57-55)45-17-15-41(16-18-45)44-23-31-51(32-24-44)56(49-27-19-42(20-28-49)39-10-4-2-5-11-39)50-29-21-43(22-30-50)40-12-6-3-7-13-40/h2-6,8,10-12,14-21,23,25,27-31,33,35-38,43H,7,9,13,22,24,26,32,34H2,1H3. The minimum Gasteiger partial charge on any atom is -0.460 e. The van der Waals surface area contributed by atoms with Crippen LogP contribution in [0.15, 0.2) is 196 Å². The first-order valence-electron chi connectivity index (χ1n) is 21.0. The van der Waals surface area contributed by atoms with Crippen molar-refractivity contribution >= 4 is 28.3 Å². The SMILES string of the molecule is CC1C=C(C2=Cc3c(oc4ccc(-c5ccc(C6=CC=C(N(C7=CCC(C8=CC=CCC8)C=C7)c7ccc(-c8ccccc8)cc7)CC6)cc5)cc34)CC2)C=CC1. The number of allylic oxidation sites excluding steroid dienone is 16. The van der Waals surface area contributed by atoms with Gasteiger partial charge < -0.3 is 9.32 Å². The molecule has 0 radical (unpaired) electrons. The van der Waals surface area contributed by atoms with Gasteiger partial charge in [0.2, 0.25) is 0 Å². The quantitative estimate of drug-likeness (QED) is 0.158. The number of fused-ring (bicyclic) bond motifs is 3. The van der Waals surface area contributed by atoms with Gasteiger partial charge in [0.1, 0.15) is 11.3 Å². The molecule has 0 saturated heterocycles. The second-order valence-corrected chi connectivity index (χ2v) is 16.3. The average molecular weight is 740 g/mol. The van der Waals surface area contributed by atoms with Crippen LogP contribution in [0.3, 0.4) is 0 Å². The van der Waals surface area contributed by atoms with E-state index in [-0.39, 0.29) is 0 Å². The Bertz CT molecular complexity index is 2610. The van der Waals surface area contributed by atoms with E-state index in [0.717, 1.165) is 62.7 Å². The van der Waals surface area contributed by atoms with E-state index < -0.39 is 0 Å². The highest BCUT2D eigenvalue weighted by molar-refractivity contribution is 5.93. The lowest BCUT2D eigenvalue weighted by molar-refractivity contribution is 0.544. The number of furan rings is 1. The summed E-state index contributed by atoms with van der Waals surface area (Å²) in [5.41, 5.74) is 18.0. The lowest BCUT2D eigenvalue weighted by Gasteiger charge is -2.33. The number of anilines is 1.